The second kappa shape index (κ2) is 7.75. The van der Waals surface area contributed by atoms with Gasteiger partial charge in [0.05, 0.1) is 16.3 Å². The molecule has 1 aromatic heterocycles. The van der Waals surface area contributed by atoms with E-state index in [4.69, 9.17) is 4.74 Å². The van der Waals surface area contributed by atoms with E-state index in [1.807, 2.05) is 18.2 Å². The number of carbonyl (C=O) groups is 2. The predicted octanol–water partition coefficient (Wildman–Crippen LogP) is 3.33. The molecule has 0 bridgehead atoms. The summed E-state index contributed by atoms with van der Waals surface area (Å²) in [5.74, 6) is -0.429. The molecule has 1 saturated heterocycles. The van der Waals surface area contributed by atoms with Crippen LogP contribution in [0.5, 0.6) is 0 Å². The first-order chi connectivity index (χ1) is 10.1. The summed E-state index contributed by atoms with van der Waals surface area (Å²) < 4.78 is 6.08. The minimum Gasteiger partial charge on any atom is -0.466 e. The number of rotatable bonds is 4. The maximum absolute atomic E-state index is 12.2. The Balaban J connectivity index is 1.92. The van der Waals surface area contributed by atoms with E-state index in [1.165, 1.54) is 0 Å². The molecule has 0 radical (unpaired) electrons. The average Bonchev–Trinajstić information content (AvgIpc) is 2.91. The Bertz CT molecular complexity index is 541. The zero-order valence-electron chi connectivity index (χ0n) is 11.9. The summed E-state index contributed by atoms with van der Waals surface area (Å²) in [7, 11) is 0. The second-order valence-electron chi connectivity index (χ2n) is 4.85. The highest BCUT2D eigenvalue weighted by molar-refractivity contribution is 9.11. The summed E-state index contributed by atoms with van der Waals surface area (Å²) in [5.41, 5.74) is 0. The van der Waals surface area contributed by atoms with Gasteiger partial charge in [-0.25, -0.2) is 0 Å². The SMILES string of the molecule is CCOC(=O)[C@H]1CCCN(C(=O)/C=C\c2ccc(Br)s2)C1. The third-order valence-corrected chi connectivity index (χ3v) is 4.93. The Morgan fingerprint density at radius 3 is 3.00 bits per heavy atom. The van der Waals surface area contributed by atoms with Crippen molar-refractivity contribution in [3.05, 3.63) is 26.9 Å². The van der Waals surface area contributed by atoms with Gasteiger partial charge in [0.1, 0.15) is 0 Å². The van der Waals surface area contributed by atoms with E-state index in [2.05, 4.69) is 15.9 Å². The van der Waals surface area contributed by atoms with E-state index < -0.39 is 0 Å². The monoisotopic (exact) mass is 371 g/mol. The Morgan fingerprint density at radius 2 is 2.33 bits per heavy atom. The number of hydrogen-bond acceptors (Lipinski definition) is 4. The fourth-order valence-electron chi connectivity index (χ4n) is 2.31. The van der Waals surface area contributed by atoms with Crippen molar-refractivity contribution in [2.45, 2.75) is 19.8 Å². The molecule has 2 heterocycles. The Kier molecular flexibility index (Phi) is 5.99. The van der Waals surface area contributed by atoms with Crippen molar-refractivity contribution in [2.75, 3.05) is 19.7 Å². The Hall–Kier alpha value is -1.14. The highest BCUT2D eigenvalue weighted by atomic mass is 79.9. The van der Waals surface area contributed by atoms with Crippen molar-refractivity contribution in [3.8, 4) is 0 Å². The maximum atomic E-state index is 12.2. The van der Waals surface area contributed by atoms with E-state index in [1.54, 1.807) is 29.2 Å². The van der Waals surface area contributed by atoms with Gasteiger partial charge < -0.3 is 9.64 Å². The lowest BCUT2D eigenvalue weighted by Crippen LogP contribution is -2.42. The normalized spacial score (nSPS) is 19.0. The van der Waals surface area contributed by atoms with Gasteiger partial charge in [0, 0.05) is 24.0 Å². The predicted molar refractivity (Wildman–Crippen MR) is 87.0 cm³/mol. The second-order valence-corrected chi connectivity index (χ2v) is 7.35. The highest BCUT2D eigenvalue weighted by Gasteiger charge is 2.28. The van der Waals surface area contributed by atoms with Crippen LogP contribution in [0.15, 0.2) is 22.0 Å². The van der Waals surface area contributed by atoms with Gasteiger partial charge in [-0.2, -0.15) is 0 Å². The van der Waals surface area contributed by atoms with Crippen molar-refractivity contribution < 1.29 is 14.3 Å². The molecule has 0 aliphatic carbocycles. The smallest absolute Gasteiger partial charge is 0.310 e. The van der Waals surface area contributed by atoms with Crippen LogP contribution < -0.4 is 0 Å². The van der Waals surface area contributed by atoms with E-state index in [-0.39, 0.29) is 17.8 Å². The number of amides is 1. The molecule has 0 unspecified atom stereocenters. The van der Waals surface area contributed by atoms with Crippen molar-refractivity contribution in [1.29, 1.82) is 0 Å². The van der Waals surface area contributed by atoms with Crippen LogP contribution in [0.2, 0.25) is 0 Å². The number of halogens is 1. The van der Waals surface area contributed by atoms with Gasteiger partial charge >= 0.3 is 5.97 Å². The first kappa shape index (κ1) is 16.2. The van der Waals surface area contributed by atoms with Crippen molar-refractivity contribution in [1.82, 2.24) is 4.90 Å². The molecule has 0 saturated carbocycles. The molecular weight excluding hydrogens is 354 g/mol. The van der Waals surface area contributed by atoms with E-state index in [9.17, 15) is 9.59 Å². The van der Waals surface area contributed by atoms with Gasteiger partial charge in [-0.15, -0.1) is 11.3 Å². The summed E-state index contributed by atoms with van der Waals surface area (Å²) in [6, 6.07) is 3.91. The van der Waals surface area contributed by atoms with Crippen LogP contribution in [0.1, 0.15) is 24.6 Å². The number of hydrogen-bond donors (Lipinski definition) is 0. The molecule has 1 aliphatic rings. The van der Waals surface area contributed by atoms with Gasteiger partial charge in [-0.3, -0.25) is 9.59 Å². The number of esters is 1. The van der Waals surface area contributed by atoms with Crippen LogP contribution in [-0.2, 0) is 14.3 Å². The first-order valence-electron chi connectivity index (χ1n) is 6.99. The number of nitrogens with zero attached hydrogens (tertiary/aromatic N) is 1. The summed E-state index contributed by atoms with van der Waals surface area (Å²) >= 11 is 4.97. The van der Waals surface area contributed by atoms with Crippen LogP contribution in [-0.4, -0.2) is 36.5 Å². The van der Waals surface area contributed by atoms with Gasteiger partial charge in [0.25, 0.3) is 0 Å². The van der Waals surface area contributed by atoms with Gasteiger partial charge in [-0.05, 0) is 53.9 Å². The minimum absolute atomic E-state index is 0.0477. The Labute approximate surface area is 136 Å². The molecular formula is C15H18BrNO3S. The third kappa shape index (κ3) is 4.68. The number of piperidine rings is 1. The molecule has 0 N–H and O–H groups in total. The lowest BCUT2D eigenvalue weighted by atomic mass is 9.98. The van der Waals surface area contributed by atoms with E-state index >= 15 is 0 Å². The molecule has 1 amide bonds. The number of thiophene rings is 1. The third-order valence-electron chi connectivity index (χ3n) is 3.34. The number of ether oxygens (including phenoxy) is 1. The molecule has 1 fully saturated rings. The minimum atomic E-state index is -0.193. The quantitative estimate of drug-likeness (QED) is 0.602. The van der Waals surface area contributed by atoms with Crippen LogP contribution in [0.25, 0.3) is 6.08 Å². The van der Waals surface area contributed by atoms with E-state index in [0.717, 1.165) is 21.5 Å². The molecule has 1 aliphatic heterocycles. The fourth-order valence-corrected chi connectivity index (χ4v) is 3.63. The van der Waals surface area contributed by atoms with Crippen molar-refractivity contribution in [2.24, 2.45) is 5.92 Å². The fraction of sp³-hybridized carbons (Fsp3) is 0.467. The largest absolute Gasteiger partial charge is 0.466 e. The molecule has 21 heavy (non-hydrogen) atoms. The molecule has 6 heteroatoms. The van der Waals surface area contributed by atoms with Gasteiger partial charge in [0.15, 0.2) is 0 Å². The van der Waals surface area contributed by atoms with Crippen molar-refractivity contribution in [3.63, 3.8) is 0 Å². The maximum Gasteiger partial charge on any atom is 0.310 e. The van der Waals surface area contributed by atoms with Crippen LogP contribution >= 0.6 is 27.3 Å². The molecule has 0 aromatic carbocycles. The number of likely N-dealkylation sites (tertiary alicyclic amines) is 1. The lowest BCUT2D eigenvalue weighted by molar-refractivity contribution is -0.150. The van der Waals surface area contributed by atoms with Crippen LogP contribution in [0.4, 0.5) is 0 Å². The highest BCUT2D eigenvalue weighted by Crippen LogP contribution is 2.23. The van der Waals surface area contributed by atoms with Crippen LogP contribution in [0.3, 0.4) is 0 Å². The zero-order chi connectivity index (χ0) is 15.2. The molecule has 4 nitrogen and oxygen atoms in total. The summed E-state index contributed by atoms with van der Waals surface area (Å²) in [4.78, 5) is 26.7. The van der Waals surface area contributed by atoms with Crippen LogP contribution in [0, 0.1) is 5.92 Å². The first-order valence-corrected chi connectivity index (χ1v) is 8.60. The Morgan fingerprint density at radius 1 is 1.52 bits per heavy atom. The average molecular weight is 372 g/mol. The summed E-state index contributed by atoms with van der Waals surface area (Å²) in [5, 5.41) is 0. The topological polar surface area (TPSA) is 46.6 Å². The molecule has 1 aromatic rings. The van der Waals surface area contributed by atoms with Gasteiger partial charge in [-0.1, -0.05) is 0 Å². The zero-order valence-corrected chi connectivity index (χ0v) is 14.3. The molecule has 2 rings (SSSR count). The van der Waals surface area contributed by atoms with E-state index in [0.29, 0.717) is 19.7 Å². The summed E-state index contributed by atoms with van der Waals surface area (Å²) in [6.45, 7) is 3.34. The van der Waals surface area contributed by atoms with Crippen molar-refractivity contribution >= 4 is 45.2 Å². The molecule has 0 spiro atoms. The lowest BCUT2D eigenvalue weighted by Gasteiger charge is -2.30. The van der Waals surface area contributed by atoms with Gasteiger partial charge in [0.2, 0.25) is 5.91 Å². The summed E-state index contributed by atoms with van der Waals surface area (Å²) in [6.07, 6.45) is 5.02. The molecule has 114 valence electrons. The number of carbonyl (C=O) groups excluding carboxylic acids is 2. The standard InChI is InChI=1S/C15H18BrNO3S/c1-2-20-15(19)11-4-3-9-17(10-11)14(18)8-6-12-5-7-13(16)21-12/h5-8,11H,2-4,9-10H2,1H3/b8-6-/t11-/m0/s1. The molecule has 1 atom stereocenters.